The van der Waals surface area contributed by atoms with Gasteiger partial charge in [-0.05, 0) is 59.7 Å². The third-order valence-electron chi connectivity index (χ3n) is 5.10. The number of thioether (sulfide) groups is 1. The fourth-order valence-corrected chi connectivity index (χ4v) is 4.91. The van der Waals surface area contributed by atoms with Gasteiger partial charge in [0.05, 0.1) is 25.2 Å². The predicted molar refractivity (Wildman–Crippen MR) is 126 cm³/mol. The van der Waals surface area contributed by atoms with Gasteiger partial charge in [0.15, 0.2) is 5.17 Å². The highest BCUT2D eigenvalue weighted by Crippen LogP contribution is 2.37. The van der Waals surface area contributed by atoms with Crippen molar-refractivity contribution < 1.29 is 14.3 Å². The van der Waals surface area contributed by atoms with Crippen molar-refractivity contribution in [1.29, 1.82) is 0 Å². The van der Waals surface area contributed by atoms with Crippen LogP contribution in [0.5, 0.6) is 11.5 Å². The van der Waals surface area contributed by atoms with Crippen LogP contribution in [0.2, 0.25) is 0 Å². The van der Waals surface area contributed by atoms with Gasteiger partial charge in [-0.25, -0.2) is 4.99 Å². The van der Waals surface area contributed by atoms with E-state index in [1.807, 2.05) is 54.6 Å². The molecule has 0 spiro atoms. The summed E-state index contributed by atoms with van der Waals surface area (Å²) in [5.41, 5.74) is 1.81. The second-order valence-corrected chi connectivity index (χ2v) is 9.00. The monoisotopic (exact) mass is 484 g/mol. The van der Waals surface area contributed by atoms with Crippen LogP contribution in [0.1, 0.15) is 5.56 Å². The van der Waals surface area contributed by atoms with Gasteiger partial charge in [0.25, 0.3) is 0 Å². The fraction of sp³-hybridized carbons (Fsp3) is 0.217. The van der Waals surface area contributed by atoms with Gasteiger partial charge in [-0.15, -0.1) is 0 Å². The minimum Gasteiger partial charge on any atom is -0.497 e. The standard InChI is InChI=1S/C23H21BrN2O3S/c1-26-22(27)21(30-23(26)25-16-8-6-15(24)7-9-16)13-19-18-12-17(28-2)10-4-14(18)5-11-20(19)29-3/h4-12,21H,13H2,1-3H3/t21-/m1/s1. The molecule has 0 saturated carbocycles. The molecule has 0 aromatic heterocycles. The maximum atomic E-state index is 13.0. The SMILES string of the molecule is COc1ccc2ccc(OC)c(C[C@H]3SC(=Nc4ccc(Br)cc4)N(C)C3=O)c2c1. The average Bonchev–Trinajstić information content (AvgIpc) is 3.03. The minimum absolute atomic E-state index is 0.0396. The predicted octanol–water partition coefficient (Wildman–Crippen LogP) is 5.42. The first-order chi connectivity index (χ1) is 14.5. The molecule has 1 aliphatic rings. The van der Waals surface area contributed by atoms with Crippen molar-refractivity contribution in [1.82, 2.24) is 4.90 Å². The highest BCUT2D eigenvalue weighted by Gasteiger charge is 2.36. The molecule has 0 radical (unpaired) electrons. The molecule has 0 N–H and O–H groups in total. The Kier molecular flexibility index (Phi) is 6.01. The molecular weight excluding hydrogens is 464 g/mol. The molecule has 1 atom stereocenters. The highest BCUT2D eigenvalue weighted by atomic mass is 79.9. The van der Waals surface area contributed by atoms with Crippen molar-refractivity contribution in [2.45, 2.75) is 11.7 Å². The molecule has 0 unspecified atom stereocenters. The third-order valence-corrected chi connectivity index (χ3v) is 6.86. The van der Waals surface area contributed by atoms with Crippen molar-refractivity contribution in [3.05, 3.63) is 64.6 Å². The first kappa shape index (κ1) is 20.8. The van der Waals surface area contributed by atoms with Crippen molar-refractivity contribution in [2.24, 2.45) is 4.99 Å². The number of benzene rings is 3. The van der Waals surface area contributed by atoms with Crippen LogP contribution in [0.4, 0.5) is 5.69 Å². The largest absolute Gasteiger partial charge is 0.497 e. The number of nitrogens with zero attached hydrogens (tertiary/aromatic N) is 2. The van der Waals surface area contributed by atoms with Crippen molar-refractivity contribution in [3.8, 4) is 11.5 Å². The molecule has 1 saturated heterocycles. The molecule has 154 valence electrons. The number of amidine groups is 1. The molecule has 0 aliphatic carbocycles. The van der Waals surface area contributed by atoms with E-state index in [1.165, 1.54) is 11.8 Å². The molecule has 4 rings (SSSR count). The summed E-state index contributed by atoms with van der Waals surface area (Å²) in [5, 5.41) is 2.54. The number of hydrogen-bond acceptors (Lipinski definition) is 5. The Bertz CT molecular complexity index is 1130. The number of hydrogen-bond donors (Lipinski definition) is 0. The zero-order valence-corrected chi connectivity index (χ0v) is 19.3. The van der Waals surface area contributed by atoms with Gasteiger partial charge in [-0.1, -0.05) is 39.8 Å². The van der Waals surface area contributed by atoms with E-state index < -0.39 is 0 Å². The molecule has 1 fully saturated rings. The second-order valence-electron chi connectivity index (χ2n) is 6.91. The van der Waals surface area contributed by atoms with Gasteiger partial charge in [0.1, 0.15) is 11.5 Å². The number of fused-ring (bicyclic) bond motifs is 1. The maximum Gasteiger partial charge on any atom is 0.242 e. The summed E-state index contributed by atoms with van der Waals surface area (Å²) in [7, 11) is 5.08. The Morgan fingerprint density at radius 1 is 1.07 bits per heavy atom. The second kappa shape index (κ2) is 8.70. The van der Waals surface area contributed by atoms with E-state index in [9.17, 15) is 4.79 Å². The van der Waals surface area contributed by atoms with E-state index in [-0.39, 0.29) is 11.2 Å². The summed E-state index contributed by atoms with van der Waals surface area (Å²) in [6.07, 6.45) is 0.543. The number of rotatable bonds is 5. The molecule has 3 aromatic rings. The summed E-state index contributed by atoms with van der Waals surface area (Å²) in [6, 6.07) is 17.6. The Morgan fingerprint density at radius 2 is 1.80 bits per heavy atom. The van der Waals surface area contributed by atoms with Gasteiger partial charge >= 0.3 is 0 Å². The van der Waals surface area contributed by atoms with E-state index in [1.54, 1.807) is 26.2 Å². The lowest BCUT2D eigenvalue weighted by molar-refractivity contribution is -0.125. The molecule has 3 aromatic carbocycles. The summed E-state index contributed by atoms with van der Waals surface area (Å²) < 4.78 is 12.0. The number of methoxy groups -OCH3 is 2. The molecule has 1 amide bonds. The Balaban J connectivity index is 1.68. The van der Waals surface area contributed by atoms with E-state index in [4.69, 9.17) is 9.47 Å². The number of carbonyl (C=O) groups excluding carboxylic acids is 1. The molecular formula is C23H21BrN2O3S. The smallest absolute Gasteiger partial charge is 0.242 e. The molecule has 7 heteroatoms. The Hall–Kier alpha value is -2.51. The number of amides is 1. The summed E-state index contributed by atoms with van der Waals surface area (Å²) in [5.74, 6) is 1.58. The number of aliphatic imine (C=N–C) groups is 1. The number of carbonyl (C=O) groups is 1. The lowest BCUT2D eigenvalue weighted by atomic mass is 9.99. The van der Waals surface area contributed by atoms with E-state index in [2.05, 4.69) is 20.9 Å². The zero-order valence-electron chi connectivity index (χ0n) is 16.9. The quantitative estimate of drug-likeness (QED) is 0.484. The lowest BCUT2D eigenvalue weighted by Gasteiger charge is -2.15. The summed E-state index contributed by atoms with van der Waals surface area (Å²) >= 11 is 4.92. The molecule has 1 aliphatic heterocycles. The third kappa shape index (κ3) is 4.04. The number of halogens is 1. The fourth-order valence-electron chi connectivity index (χ4n) is 3.48. The van der Waals surface area contributed by atoms with Crippen molar-refractivity contribution in [3.63, 3.8) is 0 Å². The molecule has 5 nitrogen and oxygen atoms in total. The summed E-state index contributed by atoms with van der Waals surface area (Å²) in [4.78, 5) is 19.3. The van der Waals surface area contributed by atoms with Crippen LogP contribution in [0.25, 0.3) is 10.8 Å². The first-order valence-electron chi connectivity index (χ1n) is 9.42. The summed E-state index contributed by atoms with van der Waals surface area (Å²) in [6.45, 7) is 0. The van der Waals surface area contributed by atoms with E-state index >= 15 is 0 Å². The highest BCUT2D eigenvalue weighted by molar-refractivity contribution is 9.10. The number of ether oxygens (including phenoxy) is 2. The first-order valence-corrected chi connectivity index (χ1v) is 11.1. The lowest BCUT2D eigenvalue weighted by Crippen LogP contribution is -2.28. The van der Waals surface area contributed by atoms with Crippen LogP contribution >= 0.6 is 27.7 Å². The molecule has 0 bridgehead atoms. The minimum atomic E-state index is -0.269. The van der Waals surface area contributed by atoms with Crippen LogP contribution in [0.3, 0.4) is 0 Å². The van der Waals surface area contributed by atoms with Crippen molar-refractivity contribution in [2.75, 3.05) is 21.3 Å². The zero-order chi connectivity index (χ0) is 21.3. The van der Waals surface area contributed by atoms with Crippen LogP contribution in [0, 0.1) is 0 Å². The van der Waals surface area contributed by atoms with Crippen molar-refractivity contribution >= 4 is 55.2 Å². The topological polar surface area (TPSA) is 51.1 Å². The van der Waals surface area contributed by atoms with Crippen LogP contribution in [-0.4, -0.2) is 42.5 Å². The average molecular weight is 485 g/mol. The van der Waals surface area contributed by atoms with Crippen LogP contribution in [0.15, 0.2) is 64.1 Å². The van der Waals surface area contributed by atoms with Gasteiger partial charge < -0.3 is 9.47 Å². The Labute approximate surface area is 188 Å². The molecule has 1 heterocycles. The maximum absolute atomic E-state index is 13.0. The van der Waals surface area contributed by atoms with Gasteiger partial charge in [-0.3, -0.25) is 9.69 Å². The van der Waals surface area contributed by atoms with Crippen LogP contribution in [-0.2, 0) is 11.2 Å². The van der Waals surface area contributed by atoms with Gasteiger partial charge in [-0.2, -0.15) is 0 Å². The molecule has 30 heavy (non-hydrogen) atoms. The van der Waals surface area contributed by atoms with Gasteiger partial charge in [0.2, 0.25) is 5.91 Å². The Morgan fingerprint density at radius 3 is 2.50 bits per heavy atom. The van der Waals surface area contributed by atoms with Crippen LogP contribution < -0.4 is 9.47 Å². The normalized spacial score (nSPS) is 17.7. The van der Waals surface area contributed by atoms with E-state index in [0.717, 1.165) is 38.0 Å². The van der Waals surface area contributed by atoms with E-state index in [0.29, 0.717) is 11.6 Å². The van der Waals surface area contributed by atoms with Gasteiger partial charge in [0, 0.05) is 17.1 Å².